The van der Waals surface area contributed by atoms with Crippen LogP contribution in [-0.4, -0.2) is 38.8 Å². The Morgan fingerprint density at radius 3 is 2.59 bits per heavy atom. The van der Waals surface area contributed by atoms with Gasteiger partial charge in [0, 0.05) is 24.9 Å². The lowest BCUT2D eigenvalue weighted by atomic mass is 10.2. The number of piperidine rings is 1. The Hall–Kier alpha value is -2.64. The second kappa shape index (κ2) is 9.24. The van der Waals surface area contributed by atoms with Crippen molar-refractivity contribution in [2.45, 2.75) is 31.1 Å². The number of carbonyl (C=O) groups excluding carboxylic acids is 1. The Labute approximate surface area is 172 Å². The van der Waals surface area contributed by atoms with Gasteiger partial charge >= 0.3 is 0 Å². The van der Waals surface area contributed by atoms with E-state index < -0.39 is 10.0 Å². The van der Waals surface area contributed by atoms with Crippen LogP contribution in [0.15, 0.2) is 53.4 Å². The molecule has 0 radical (unpaired) electrons. The molecule has 1 fully saturated rings. The number of anilines is 1. The molecule has 0 spiro atoms. The molecule has 1 heterocycles. The number of aryl methyl sites for hydroxylation is 1. The number of hydrogen-bond donors (Lipinski definition) is 1. The van der Waals surface area contributed by atoms with Gasteiger partial charge in [-0.1, -0.05) is 24.6 Å². The van der Waals surface area contributed by atoms with Gasteiger partial charge in [-0.15, -0.1) is 0 Å². The van der Waals surface area contributed by atoms with Gasteiger partial charge in [0.15, 0.2) is 0 Å². The molecule has 1 aliphatic heterocycles. The fourth-order valence-electron chi connectivity index (χ4n) is 3.24. The van der Waals surface area contributed by atoms with Crippen LogP contribution in [0.3, 0.4) is 0 Å². The van der Waals surface area contributed by atoms with Crippen molar-refractivity contribution in [1.29, 1.82) is 0 Å². The number of hydrogen-bond acceptors (Lipinski definition) is 4. The van der Waals surface area contributed by atoms with E-state index in [9.17, 15) is 13.2 Å². The SMILES string of the molecule is COc1cccc(C=CC(=O)Nc2cc(S(=O)(=O)N3CCCCC3)ccc2C)c1. The van der Waals surface area contributed by atoms with E-state index in [1.165, 1.54) is 16.4 Å². The van der Waals surface area contributed by atoms with Crippen molar-refractivity contribution in [3.63, 3.8) is 0 Å². The molecule has 0 unspecified atom stereocenters. The second-order valence-electron chi connectivity index (χ2n) is 7.04. The first-order chi connectivity index (χ1) is 13.9. The number of nitrogens with zero attached hydrogens (tertiary/aromatic N) is 1. The highest BCUT2D eigenvalue weighted by molar-refractivity contribution is 7.89. The highest BCUT2D eigenvalue weighted by Crippen LogP contribution is 2.25. The molecule has 154 valence electrons. The Kier molecular flexibility index (Phi) is 6.71. The third-order valence-corrected chi connectivity index (χ3v) is 6.84. The third-order valence-electron chi connectivity index (χ3n) is 4.94. The van der Waals surface area contributed by atoms with E-state index in [0.29, 0.717) is 24.5 Å². The maximum absolute atomic E-state index is 12.9. The lowest BCUT2D eigenvalue weighted by molar-refractivity contribution is -0.111. The number of rotatable bonds is 6. The second-order valence-corrected chi connectivity index (χ2v) is 8.98. The quantitative estimate of drug-likeness (QED) is 0.729. The summed E-state index contributed by atoms with van der Waals surface area (Å²) in [5.41, 5.74) is 2.12. The Morgan fingerprint density at radius 2 is 1.86 bits per heavy atom. The molecule has 1 aliphatic rings. The summed E-state index contributed by atoms with van der Waals surface area (Å²) in [6, 6.07) is 12.2. The average molecular weight is 415 g/mol. The van der Waals surface area contributed by atoms with Crippen LogP contribution in [0, 0.1) is 6.92 Å². The number of ether oxygens (including phenoxy) is 1. The lowest BCUT2D eigenvalue weighted by Crippen LogP contribution is -2.35. The van der Waals surface area contributed by atoms with E-state index in [-0.39, 0.29) is 10.8 Å². The van der Waals surface area contributed by atoms with Crippen LogP contribution in [0.4, 0.5) is 5.69 Å². The minimum atomic E-state index is -3.55. The van der Waals surface area contributed by atoms with Crippen LogP contribution in [-0.2, 0) is 14.8 Å². The van der Waals surface area contributed by atoms with Crippen LogP contribution in [0.2, 0.25) is 0 Å². The van der Waals surface area contributed by atoms with Crippen molar-refractivity contribution < 1.29 is 17.9 Å². The van der Waals surface area contributed by atoms with Gasteiger partial charge in [0.2, 0.25) is 15.9 Å². The zero-order chi connectivity index (χ0) is 20.9. The summed E-state index contributed by atoms with van der Waals surface area (Å²) in [4.78, 5) is 12.6. The predicted molar refractivity (Wildman–Crippen MR) is 114 cm³/mol. The van der Waals surface area contributed by atoms with Crippen LogP contribution in [0.25, 0.3) is 6.08 Å². The van der Waals surface area contributed by atoms with Crippen molar-refractivity contribution in [2.75, 3.05) is 25.5 Å². The molecule has 7 heteroatoms. The molecule has 0 saturated carbocycles. The number of nitrogens with one attached hydrogen (secondary N) is 1. The van der Waals surface area contributed by atoms with E-state index in [1.807, 2.05) is 31.2 Å². The maximum atomic E-state index is 12.9. The lowest BCUT2D eigenvalue weighted by Gasteiger charge is -2.26. The fraction of sp³-hybridized carbons (Fsp3) is 0.318. The molecule has 2 aromatic carbocycles. The minimum Gasteiger partial charge on any atom is -0.497 e. The minimum absolute atomic E-state index is 0.206. The van der Waals surface area contributed by atoms with E-state index >= 15 is 0 Å². The van der Waals surface area contributed by atoms with Gasteiger partial charge in [-0.25, -0.2) is 8.42 Å². The Bertz CT molecular complexity index is 1010. The molecular weight excluding hydrogens is 388 g/mol. The molecule has 0 aliphatic carbocycles. The molecule has 1 saturated heterocycles. The summed E-state index contributed by atoms with van der Waals surface area (Å²) < 4.78 is 32.5. The molecule has 29 heavy (non-hydrogen) atoms. The highest BCUT2D eigenvalue weighted by Gasteiger charge is 2.26. The number of benzene rings is 2. The van der Waals surface area contributed by atoms with E-state index in [2.05, 4.69) is 5.32 Å². The first kappa shape index (κ1) is 21.1. The van der Waals surface area contributed by atoms with E-state index in [4.69, 9.17) is 4.74 Å². The topological polar surface area (TPSA) is 75.7 Å². The molecule has 0 aromatic heterocycles. The van der Waals surface area contributed by atoms with Crippen LogP contribution >= 0.6 is 0 Å². The van der Waals surface area contributed by atoms with E-state index in [0.717, 1.165) is 30.4 Å². The molecule has 6 nitrogen and oxygen atoms in total. The first-order valence-corrected chi connectivity index (χ1v) is 11.1. The molecule has 1 N–H and O–H groups in total. The summed E-state index contributed by atoms with van der Waals surface area (Å²) in [7, 11) is -1.96. The summed E-state index contributed by atoms with van der Waals surface area (Å²) >= 11 is 0. The van der Waals surface area contributed by atoms with Crippen LogP contribution in [0.1, 0.15) is 30.4 Å². The van der Waals surface area contributed by atoms with Crippen molar-refractivity contribution in [1.82, 2.24) is 4.31 Å². The zero-order valence-corrected chi connectivity index (χ0v) is 17.5. The van der Waals surface area contributed by atoms with Gasteiger partial charge < -0.3 is 10.1 Å². The molecule has 1 amide bonds. The smallest absolute Gasteiger partial charge is 0.248 e. The van der Waals surface area contributed by atoms with Crippen molar-refractivity contribution in [2.24, 2.45) is 0 Å². The number of methoxy groups -OCH3 is 1. The monoisotopic (exact) mass is 414 g/mol. The Morgan fingerprint density at radius 1 is 1.10 bits per heavy atom. The molecule has 0 atom stereocenters. The van der Waals surface area contributed by atoms with Gasteiger partial charge in [-0.05, 0) is 61.2 Å². The molecule has 2 aromatic rings. The fourth-order valence-corrected chi connectivity index (χ4v) is 4.79. The maximum Gasteiger partial charge on any atom is 0.248 e. The number of amides is 1. The van der Waals surface area contributed by atoms with Crippen molar-refractivity contribution >= 4 is 27.7 Å². The average Bonchev–Trinajstić information content (AvgIpc) is 2.74. The highest BCUT2D eigenvalue weighted by atomic mass is 32.2. The van der Waals surface area contributed by atoms with Crippen molar-refractivity contribution in [3.8, 4) is 5.75 Å². The summed E-state index contributed by atoms with van der Waals surface area (Å²) in [5, 5.41) is 2.78. The largest absolute Gasteiger partial charge is 0.497 e. The van der Waals surface area contributed by atoms with Gasteiger partial charge in [0.05, 0.1) is 12.0 Å². The molecule has 3 rings (SSSR count). The summed E-state index contributed by atoms with van der Waals surface area (Å²) in [6.45, 7) is 2.92. The van der Waals surface area contributed by atoms with E-state index in [1.54, 1.807) is 25.3 Å². The third kappa shape index (κ3) is 5.25. The molecule has 0 bridgehead atoms. The molecular formula is C22H26N2O4S. The predicted octanol–water partition coefficient (Wildman–Crippen LogP) is 3.83. The van der Waals surface area contributed by atoms with Gasteiger partial charge in [-0.2, -0.15) is 4.31 Å². The van der Waals surface area contributed by atoms with Gasteiger partial charge in [-0.3, -0.25) is 4.79 Å². The normalized spacial score (nSPS) is 15.4. The first-order valence-electron chi connectivity index (χ1n) is 9.64. The van der Waals surface area contributed by atoms with Gasteiger partial charge in [0.25, 0.3) is 0 Å². The standard InChI is InChI=1S/C22H26N2O4S/c1-17-9-11-20(29(26,27)24-13-4-3-5-14-24)16-21(17)23-22(25)12-10-18-7-6-8-19(15-18)28-2/h6-12,15-16H,3-5,13-14H2,1-2H3,(H,23,25). The zero-order valence-electron chi connectivity index (χ0n) is 16.7. The number of sulfonamides is 1. The van der Waals surface area contributed by atoms with Gasteiger partial charge in [0.1, 0.15) is 5.75 Å². The summed E-state index contributed by atoms with van der Waals surface area (Å²) in [5.74, 6) is 0.377. The van der Waals surface area contributed by atoms with Crippen LogP contribution < -0.4 is 10.1 Å². The Balaban J connectivity index is 1.75. The number of carbonyl (C=O) groups is 1. The summed E-state index contributed by atoms with van der Waals surface area (Å²) in [6.07, 6.45) is 5.91. The van der Waals surface area contributed by atoms with Crippen LogP contribution in [0.5, 0.6) is 5.75 Å². The van der Waals surface area contributed by atoms with Crippen molar-refractivity contribution in [3.05, 3.63) is 59.7 Å².